The molecular formula is C20H23NO4. The van der Waals surface area contributed by atoms with E-state index in [1.807, 2.05) is 30.3 Å². The van der Waals surface area contributed by atoms with Crippen LogP contribution in [0.2, 0.25) is 0 Å². The van der Waals surface area contributed by atoms with E-state index in [9.17, 15) is 15.0 Å². The predicted molar refractivity (Wildman–Crippen MR) is 95.0 cm³/mol. The summed E-state index contributed by atoms with van der Waals surface area (Å²) in [6.45, 7) is 1.98. The molecule has 1 saturated heterocycles. The molecule has 0 aliphatic carbocycles. The Hall–Kier alpha value is -2.69. The zero-order valence-electron chi connectivity index (χ0n) is 14.1. The van der Waals surface area contributed by atoms with Crippen LogP contribution in [0.1, 0.15) is 29.6 Å². The molecule has 1 atom stereocenters. The summed E-state index contributed by atoms with van der Waals surface area (Å²) in [4.78, 5) is 14.4. The van der Waals surface area contributed by atoms with Crippen molar-refractivity contribution in [3.8, 4) is 17.2 Å². The fraction of sp³-hybridized carbons (Fsp3) is 0.350. The number of phenolic OH excluding ortho intramolecular Hbond substituents is 2. The second-order valence-corrected chi connectivity index (χ2v) is 6.41. The van der Waals surface area contributed by atoms with E-state index in [0.717, 1.165) is 25.0 Å². The fourth-order valence-electron chi connectivity index (χ4n) is 3.22. The molecule has 2 aromatic rings. The number of carbonyl (C=O) groups excluding carboxylic acids is 1. The van der Waals surface area contributed by atoms with Gasteiger partial charge in [-0.25, -0.2) is 0 Å². The number of para-hydroxylation sites is 1. The number of phenols is 2. The average Bonchev–Trinajstić information content (AvgIpc) is 2.62. The monoisotopic (exact) mass is 341 g/mol. The van der Waals surface area contributed by atoms with Gasteiger partial charge in [0.05, 0.1) is 12.2 Å². The number of ether oxygens (including phenoxy) is 1. The summed E-state index contributed by atoms with van der Waals surface area (Å²) in [5.41, 5.74) is 0.235. The lowest BCUT2D eigenvalue weighted by atomic mass is 9.94. The van der Waals surface area contributed by atoms with Gasteiger partial charge in [0.15, 0.2) is 0 Å². The van der Waals surface area contributed by atoms with Gasteiger partial charge in [-0.3, -0.25) is 4.79 Å². The van der Waals surface area contributed by atoms with Gasteiger partial charge in [0, 0.05) is 19.2 Å². The van der Waals surface area contributed by atoms with Crippen LogP contribution in [0.3, 0.4) is 0 Å². The van der Waals surface area contributed by atoms with Crippen LogP contribution in [0.15, 0.2) is 48.5 Å². The van der Waals surface area contributed by atoms with Gasteiger partial charge >= 0.3 is 0 Å². The number of amides is 1. The molecule has 132 valence electrons. The summed E-state index contributed by atoms with van der Waals surface area (Å²) in [5, 5.41) is 19.3. The molecule has 0 radical (unpaired) electrons. The quantitative estimate of drug-likeness (QED) is 0.874. The normalized spacial score (nSPS) is 17.3. The van der Waals surface area contributed by atoms with Gasteiger partial charge in [0.2, 0.25) is 0 Å². The molecule has 1 aliphatic rings. The Kier molecular flexibility index (Phi) is 5.43. The highest BCUT2D eigenvalue weighted by molar-refractivity contribution is 5.97. The third-order valence-electron chi connectivity index (χ3n) is 4.56. The van der Waals surface area contributed by atoms with Crippen LogP contribution in [0.4, 0.5) is 0 Å². The van der Waals surface area contributed by atoms with Crippen molar-refractivity contribution in [1.29, 1.82) is 0 Å². The first-order valence-electron chi connectivity index (χ1n) is 8.62. The van der Waals surface area contributed by atoms with E-state index in [1.54, 1.807) is 4.90 Å². The molecule has 0 bridgehead atoms. The van der Waals surface area contributed by atoms with E-state index in [2.05, 4.69) is 0 Å². The number of hydrogen-bond donors (Lipinski definition) is 2. The number of benzene rings is 2. The number of nitrogens with zero attached hydrogens (tertiary/aromatic N) is 1. The maximum Gasteiger partial charge on any atom is 0.257 e. The Morgan fingerprint density at radius 3 is 2.72 bits per heavy atom. The highest BCUT2D eigenvalue weighted by Gasteiger charge is 2.26. The summed E-state index contributed by atoms with van der Waals surface area (Å²) in [6, 6.07) is 13.8. The Balaban J connectivity index is 1.54. The van der Waals surface area contributed by atoms with Crippen LogP contribution in [0, 0.1) is 5.92 Å². The molecule has 0 aromatic heterocycles. The van der Waals surface area contributed by atoms with Crippen molar-refractivity contribution in [2.24, 2.45) is 5.92 Å². The topological polar surface area (TPSA) is 70.0 Å². The lowest BCUT2D eigenvalue weighted by Gasteiger charge is -2.33. The minimum Gasteiger partial charge on any atom is -0.508 e. The largest absolute Gasteiger partial charge is 0.508 e. The molecular weight excluding hydrogens is 318 g/mol. The van der Waals surface area contributed by atoms with E-state index in [1.165, 1.54) is 18.2 Å². The van der Waals surface area contributed by atoms with Gasteiger partial charge in [-0.2, -0.15) is 0 Å². The predicted octanol–water partition coefficient (Wildman–Crippen LogP) is 3.42. The second-order valence-electron chi connectivity index (χ2n) is 6.41. The van der Waals surface area contributed by atoms with Crippen LogP contribution in [-0.2, 0) is 0 Å². The standard InChI is InChI=1S/C20H23NO4/c22-16-8-9-18(19(23)13-16)20(24)21-11-4-5-15(14-21)10-12-25-17-6-2-1-3-7-17/h1-3,6-9,13,15,22-23H,4-5,10-12,14H2. The average molecular weight is 341 g/mol. The summed E-state index contributed by atoms with van der Waals surface area (Å²) >= 11 is 0. The number of piperidine rings is 1. The third-order valence-corrected chi connectivity index (χ3v) is 4.56. The van der Waals surface area contributed by atoms with Crippen LogP contribution in [0.5, 0.6) is 17.2 Å². The number of aromatic hydroxyl groups is 2. The minimum atomic E-state index is -0.189. The Morgan fingerprint density at radius 1 is 1.16 bits per heavy atom. The molecule has 2 N–H and O–H groups in total. The Bertz CT molecular complexity index is 717. The molecule has 0 saturated carbocycles. The first-order chi connectivity index (χ1) is 12.1. The van der Waals surface area contributed by atoms with E-state index in [4.69, 9.17) is 4.74 Å². The lowest BCUT2D eigenvalue weighted by Crippen LogP contribution is -2.40. The zero-order valence-corrected chi connectivity index (χ0v) is 14.1. The molecule has 5 heteroatoms. The molecule has 2 aromatic carbocycles. The summed E-state index contributed by atoms with van der Waals surface area (Å²) in [5.74, 6) is 0.829. The van der Waals surface area contributed by atoms with Gasteiger partial charge in [0.25, 0.3) is 5.91 Å². The molecule has 1 fully saturated rings. The highest BCUT2D eigenvalue weighted by atomic mass is 16.5. The smallest absolute Gasteiger partial charge is 0.257 e. The summed E-state index contributed by atoms with van der Waals surface area (Å²) < 4.78 is 5.75. The Morgan fingerprint density at radius 2 is 1.96 bits per heavy atom. The molecule has 0 spiro atoms. The van der Waals surface area contributed by atoms with Gasteiger partial charge in [-0.05, 0) is 49.4 Å². The van der Waals surface area contributed by atoms with Crippen molar-refractivity contribution in [3.63, 3.8) is 0 Å². The highest BCUT2D eigenvalue weighted by Crippen LogP contribution is 2.27. The number of rotatable bonds is 5. The summed E-state index contributed by atoms with van der Waals surface area (Å²) in [7, 11) is 0. The van der Waals surface area contributed by atoms with Gasteiger partial charge < -0.3 is 19.8 Å². The lowest BCUT2D eigenvalue weighted by molar-refractivity contribution is 0.0654. The molecule has 1 aliphatic heterocycles. The second kappa shape index (κ2) is 7.92. The number of carbonyl (C=O) groups is 1. The molecule has 5 nitrogen and oxygen atoms in total. The first-order valence-corrected chi connectivity index (χ1v) is 8.62. The van der Waals surface area contributed by atoms with E-state index >= 15 is 0 Å². The Labute approximate surface area is 147 Å². The van der Waals surface area contributed by atoms with Crippen molar-refractivity contribution in [2.45, 2.75) is 19.3 Å². The van der Waals surface area contributed by atoms with Crippen molar-refractivity contribution >= 4 is 5.91 Å². The van der Waals surface area contributed by atoms with Crippen molar-refractivity contribution in [2.75, 3.05) is 19.7 Å². The van der Waals surface area contributed by atoms with Gasteiger partial charge in [-0.1, -0.05) is 18.2 Å². The SMILES string of the molecule is O=C(c1ccc(O)cc1O)N1CCCC(CCOc2ccccc2)C1. The van der Waals surface area contributed by atoms with E-state index in [0.29, 0.717) is 25.6 Å². The minimum absolute atomic E-state index is 0.0522. The van der Waals surface area contributed by atoms with Crippen LogP contribution in [0.25, 0.3) is 0 Å². The zero-order chi connectivity index (χ0) is 17.6. The maximum atomic E-state index is 12.6. The third kappa shape index (κ3) is 4.44. The molecule has 1 heterocycles. The van der Waals surface area contributed by atoms with Gasteiger partial charge in [-0.15, -0.1) is 0 Å². The molecule has 1 amide bonds. The fourth-order valence-corrected chi connectivity index (χ4v) is 3.22. The van der Waals surface area contributed by atoms with Crippen molar-refractivity contribution < 1.29 is 19.7 Å². The number of hydrogen-bond acceptors (Lipinski definition) is 4. The molecule has 3 rings (SSSR count). The van der Waals surface area contributed by atoms with E-state index in [-0.39, 0.29) is 23.0 Å². The van der Waals surface area contributed by atoms with Crippen LogP contribution in [-0.4, -0.2) is 40.7 Å². The van der Waals surface area contributed by atoms with Gasteiger partial charge in [0.1, 0.15) is 17.2 Å². The molecule has 1 unspecified atom stereocenters. The molecule has 25 heavy (non-hydrogen) atoms. The maximum absolute atomic E-state index is 12.6. The van der Waals surface area contributed by atoms with E-state index < -0.39 is 0 Å². The van der Waals surface area contributed by atoms with Crippen molar-refractivity contribution in [3.05, 3.63) is 54.1 Å². The number of likely N-dealkylation sites (tertiary alicyclic amines) is 1. The first kappa shape index (κ1) is 17.1. The van der Waals surface area contributed by atoms with Crippen molar-refractivity contribution in [1.82, 2.24) is 4.90 Å². The van der Waals surface area contributed by atoms with Crippen LogP contribution >= 0.6 is 0 Å². The van der Waals surface area contributed by atoms with Crippen LogP contribution < -0.4 is 4.74 Å². The summed E-state index contributed by atoms with van der Waals surface area (Å²) in [6.07, 6.45) is 2.91.